The van der Waals surface area contributed by atoms with E-state index in [0.29, 0.717) is 11.1 Å². The molecule has 1 atom stereocenters. The van der Waals surface area contributed by atoms with Gasteiger partial charge in [-0.1, -0.05) is 47.1 Å². The molecule has 4 rings (SSSR count). The molecule has 0 aliphatic heterocycles. The lowest BCUT2D eigenvalue weighted by Gasteiger charge is -2.20. The van der Waals surface area contributed by atoms with E-state index in [4.69, 9.17) is 11.6 Å². The van der Waals surface area contributed by atoms with Gasteiger partial charge >= 0.3 is 5.97 Å². The van der Waals surface area contributed by atoms with E-state index in [1.807, 2.05) is 24.3 Å². The molecular weight excluding hydrogens is 491 g/mol. The van der Waals surface area contributed by atoms with Gasteiger partial charge in [0.25, 0.3) is 0 Å². The van der Waals surface area contributed by atoms with E-state index in [1.165, 1.54) is 16.7 Å². The van der Waals surface area contributed by atoms with Gasteiger partial charge in [0, 0.05) is 42.2 Å². The van der Waals surface area contributed by atoms with Crippen LogP contribution in [0.3, 0.4) is 0 Å². The number of aryl methyl sites for hydroxylation is 1. The van der Waals surface area contributed by atoms with Crippen molar-refractivity contribution in [2.45, 2.75) is 12.3 Å². The van der Waals surface area contributed by atoms with Crippen molar-refractivity contribution in [3.05, 3.63) is 115 Å². The van der Waals surface area contributed by atoms with Gasteiger partial charge in [0.1, 0.15) is 10.7 Å². The third-order valence-corrected chi connectivity index (χ3v) is 6.89. The monoisotopic (exact) mass is 510 g/mol. The Morgan fingerprint density at radius 3 is 2.46 bits per heavy atom. The third kappa shape index (κ3) is 5.34. The summed E-state index contributed by atoms with van der Waals surface area (Å²) >= 11 is 7.11. The minimum atomic E-state index is -0.981. The maximum atomic E-state index is 15.0. The van der Waals surface area contributed by atoms with Crippen molar-refractivity contribution < 1.29 is 19.5 Å². The fourth-order valence-electron chi connectivity index (χ4n) is 3.87. The molecule has 0 bridgehead atoms. The van der Waals surface area contributed by atoms with Crippen molar-refractivity contribution in [3.63, 3.8) is 0 Å². The smallest absolute Gasteiger partial charge is 0.345 e. The Kier molecular flexibility index (Phi) is 7.14. The minimum Gasteiger partial charge on any atom is -0.477 e. The average Bonchev–Trinajstić information content (AvgIpc) is 3.34. The van der Waals surface area contributed by atoms with Crippen LogP contribution in [-0.2, 0) is 7.05 Å². The van der Waals surface area contributed by atoms with Crippen LogP contribution in [-0.4, -0.2) is 26.6 Å². The van der Waals surface area contributed by atoms with Crippen LogP contribution < -0.4 is 5.56 Å². The van der Waals surface area contributed by atoms with Crippen LogP contribution in [0.25, 0.3) is 11.1 Å². The molecule has 0 fully saturated rings. The lowest BCUT2D eigenvalue weighted by molar-refractivity contribution is 0.0702. The summed E-state index contributed by atoms with van der Waals surface area (Å²) in [4.78, 5) is 23.2. The van der Waals surface area contributed by atoms with Crippen LogP contribution in [0.5, 0.6) is 0 Å². The number of thiophene rings is 1. The fourth-order valence-corrected chi connectivity index (χ4v) is 4.79. The Bertz CT molecular complexity index is 1480. The summed E-state index contributed by atoms with van der Waals surface area (Å²) < 4.78 is 16.4. The van der Waals surface area contributed by atoms with Crippen molar-refractivity contribution in [2.24, 2.45) is 12.2 Å². The van der Waals surface area contributed by atoms with E-state index in [9.17, 15) is 24.3 Å². The molecule has 178 valence electrons. The summed E-state index contributed by atoms with van der Waals surface area (Å²) in [5.41, 5.74) is 3.34. The number of aromatic nitrogens is 1. The summed E-state index contributed by atoms with van der Waals surface area (Å²) in [7, 11) is 1.59. The van der Waals surface area contributed by atoms with E-state index < -0.39 is 17.7 Å². The number of carbonyl (C=O) groups is 1. The van der Waals surface area contributed by atoms with Gasteiger partial charge in [-0.25, -0.2) is 9.18 Å². The second-order valence-corrected chi connectivity index (χ2v) is 9.31. The van der Waals surface area contributed by atoms with Gasteiger partial charge < -0.3 is 14.9 Å². The Morgan fingerprint density at radius 1 is 1.11 bits per heavy atom. The number of hydrogen-bond donors (Lipinski definition) is 2. The number of hydrogen-bond acceptors (Lipinski definition) is 5. The third-order valence-electron chi connectivity index (χ3n) is 5.73. The number of nitrogens with zero attached hydrogens (tertiary/aromatic N) is 2. The molecule has 2 heterocycles. The van der Waals surface area contributed by atoms with Crippen molar-refractivity contribution >= 4 is 34.6 Å². The molecule has 9 heteroatoms. The predicted octanol–water partition coefficient (Wildman–Crippen LogP) is 6.01. The van der Waals surface area contributed by atoms with Crippen molar-refractivity contribution in [2.75, 3.05) is 0 Å². The van der Waals surface area contributed by atoms with Crippen LogP contribution in [0, 0.1) is 5.82 Å². The quantitative estimate of drug-likeness (QED) is 0.181. The number of carboxylic acids is 1. The zero-order valence-corrected chi connectivity index (χ0v) is 20.1. The fraction of sp³-hybridized carbons (Fsp3) is 0.115. The van der Waals surface area contributed by atoms with Gasteiger partial charge in [-0.2, -0.15) is 0 Å². The lowest BCUT2D eigenvalue weighted by Crippen LogP contribution is -2.18. The highest BCUT2D eigenvalue weighted by atomic mass is 35.5. The van der Waals surface area contributed by atoms with Gasteiger partial charge in [-0.15, -0.1) is 11.3 Å². The van der Waals surface area contributed by atoms with E-state index in [2.05, 4.69) is 5.16 Å². The predicted molar refractivity (Wildman–Crippen MR) is 135 cm³/mol. The number of halogens is 2. The van der Waals surface area contributed by atoms with E-state index >= 15 is 0 Å². The molecule has 0 aliphatic rings. The summed E-state index contributed by atoms with van der Waals surface area (Å²) in [5.74, 6) is -2.00. The minimum absolute atomic E-state index is 0.147. The van der Waals surface area contributed by atoms with Gasteiger partial charge in [0.2, 0.25) is 5.56 Å². The van der Waals surface area contributed by atoms with Crippen LogP contribution in [0.2, 0.25) is 5.02 Å². The summed E-state index contributed by atoms with van der Waals surface area (Å²) in [5, 5.41) is 24.4. The molecule has 0 saturated heterocycles. The van der Waals surface area contributed by atoms with Crippen molar-refractivity contribution in [1.82, 2.24) is 4.57 Å². The normalized spacial score (nSPS) is 12.5. The summed E-state index contributed by atoms with van der Waals surface area (Å²) in [6.45, 7) is 0. The molecule has 2 N–H and O–H groups in total. The lowest BCUT2D eigenvalue weighted by atomic mass is 9.85. The zero-order valence-electron chi connectivity index (χ0n) is 18.5. The molecule has 0 spiro atoms. The van der Waals surface area contributed by atoms with Gasteiger partial charge in [-0.3, -0.25) is 4.79 Å². The van der Waals surface area contributed by atoms with Crippen LogP contribution in [0.15, 0.2) is 82.2 Å². The van der Waals surface area contributed by atoms with Gasteiger partial charge in [-0.05, 0) is 51.9 Å². The Hall–Kier alpha value is -3.75. The molecule has 2 aromatic heterocycles. The summed E-state index contributed by atoms with van der Waals surface area (Å²) in [6.07, 6.45) is 1.71. The van der Waals surface area contributed by atoms with Crippen molar-refractivity contribution in [1.29, 1.82) is 0 Å². The zero-order chi connectivity index (χ0) is 25.1. The maximum Gasteiger partial charge on any atom is 0.345 e. The highest BCUT2D eigenvalue weighted by Crippen LogP contribution is 2.34. The topological polar surface area (TPSA) is 91.9 Å². The first-order chi connectivity index (χ1) is 16.8. The van der Waals surface area contributed by atoms with Crippen LogP contribution in [0.1, 0.15) is 38.7 Å². The van der Waals surface area contributed by atoms with E-state index in [-0.39, 0.29) is 27.6 Å². The first-order valence-electron chi connectivity index (χ1n) is 10.5. The molecule has 0 unspecified atom stereocenters. The highest BCUT2D eigenvalue weighted by Gasteiger charge is 2.22. The number of pyridine rings is 1. The number of rotatable bonds is 7. The van der Waals surface area contributed by atoms with Crippen LogP contribution >= 0.6 is 22.9 Å². The molecule has 0 amide bonds. The number of carboxylic acid groups (broad SMARTS) is 1. The Morgan fingerprint density at radius 2 is 1.86 bits per heavy atom. The standard InChI is InChI=1S/C26H20ClFN2O4S/c1-30-13-17(6-9-25(30)31)23(29-34)12-21(20-8-7-19(27)11-22(20)28)16-4-2-15(3-5-16)18-10-24(26(32)33)35-14-18/h2-11,13-14,21,34H,12H2,1H3,(H,32,33)/b29-23+/t21-/m1/s1. The molecule has 6 nitrogen and oxygen atoms in total. The summed E-state index contributed by atoms with van der Waals surface area (Å²) in [6, 6.07) is 16.3. The SMILES string of the molecule is Cn1cc(/C(C[C@H](c2ccc(-c3csc(C(=O)O)c3)cc2)c2ccc(Cl)cc2F)=N/O)ccc1=O. The highest BCUT2D eigenvalue weighted by molar-refractivity contribution is 7.12. The number of oxime groups is 1. The van der Waals surface area contributed by atoms with Crippen LogP contribution in [0.4, 0.5) is 4.39 Å². The van der Waals surface area contributed by atoms with E-state index in [1.54, 1.807) is 42.9 Å². The maximum absolute atomic E-state index is 15.0. The molecule has 0 radical (unpaired) electrons. The first kappa shape index (κ1) is 24.4. The molecular formula is C26H20ClFN2O4S. The molecule has 2 aromatic carbocycles. The average molecular weight is 511 g/mol. The largest absolute Gasteiger partial charge is 0.477 e. The Labute approximate surface area is 209 Å². The van der Waals surface area contributed by atoms with E-state index in [0.717, 1.165) is 28.0 Å². The number of benzene rings is 2. The van der Waals surface area contributed by atoms with Gasteiger partial charge in [0.15, 0.2) is 0 Å². The van der Waals surface area contributed by atoms with Gasteiger partial charge in [0.05, 0.1) is 5.71 Å². The molecule has 0 saturated carbocycles. The molecule has 4 aromatic rings. The number of aromatic carboxylic acids is 1. The Balaban J connectivity index is 1.73. The second-order valence-electron chi connectivity index (χ2n) is 7.96. The molecule has 0 aliphatic carbocycles. The first-order valence-corrected chi connectivity index (χ1v) is 11.8. The molecule has 35 heavy (non-hydrogen) atoms. The van der Waals surface area contributed by atoms with Crippen molar-refractivity contribution in [3.8, 4) is 11.1 Å². The second kappa shape index (κ2) is 10.2.